The standard InChI is InChI=1S/C28H29Cl2N5O3/c1-17(2)33-25(36)16-35-27(19-5-4-6-22(29)11-19)34-26-24(28(35)37)13-21(15-32-26)20-9-18(10-23(30)12-20)14-31-7-8-38-3/h4-6,9-13,15,17,31H,7-8,14,16H2,1-3H3,(H,33,36). The van der Waals surface area contributed by atoms with E-state index in [4.69, 9.17) is 27.9 Å². The summed E-state index contributed by atoms with van der Waals surface area (Å²) in [5.74, 6) is 0.0208. The molecular formula is C28H29Cl2N5O3. The summed E-state index contributed by atoms with van der Waals surface area (Å²) in [4.78, 5) is 35.6. The van der Waals surface area contributed by atoms with Gasteiger partial charge in [-0.15, -0.1) is 0 Å². The van der Waals surface area contributed by atoms with E-state index in [2.05, 4.69) is 20.6 Å². The third-order valence-corrected chi connectivity index (χ3v) is 6.20. The van der Waals surface area contributed by atoms with E-state index in [0.717, 1.165) is 11.1 Å². The number of hydrogen-bond acceptors (Lipinski definition) is 6. The first-order chi connectivity index (χ1) is 18.2. The number of aromatic nitrogens is 3. The SMILES string of the molecule is COCCNCc1cc(Cl)cc(-c2cnc3nc(-c4cccc(Cl)c4)n(CC(=O)NC(C)C)c(=O)c3c2)c1. The molecule has 0 saturated heterocycles. The number of nitrogens with zero attached hydrogens (tertiary/aromatic N) is 3. The Balaban J connectivity index is 1.80. The summed E-state index contributed by atoms with van der Waals surface area (Å²) >= 11 is 12.6. The van der Waals surface area contributed by atoms with E-state index in [1.54, 1.807) is 43.6 Å². The van der Waals surface area contributed by atoms with Crippen LogP contribution in [-0.2, 0) is 22.6 Å². The topological polar surface area (TPSA) is 98.1 Å². The summed E-state index contributed by atoms with van der Waals surface area (Å²) in [7, 11) is 1.66. The third kappa shape index (κ3) is 6.76. The Labute approximate surface area is 231 Å². The summed E-state index contributed by atoms with van der Waals surface area (Å²) in [6.07, 6.45) is 1.67. The predicted molar refractivity (Wildman–Crippen MR) is 152 cm³/mol. The van der Waals surface area contributed by atoms with Crippen molar-refractivity contribution in [3.8, 4) is 22.5 Å². The monoisotopic (exact) mass is 553 g/mol. The molecule has 4 rings (SSSR count). The highest BCUT2D eigenvalue weighted by Crippen LogP contribution is 2.27. The van der Waals surface area contributed by atoms with Crippen LogP contribution in [0.5, 0.6) is 0 Å². The number of fused-ring (bicyclic) bond motifs is 1. The highest BCUT2D eigenvalue weighted by atomic mass is 35.5. The van der Waals surface area contributed by atoms with Gasteiger partial charge in [-0.2, -0.15) is 0 Å². The maximum atomic E-state index is 13.8. The summed E-state index contributed by atoms with van der Waals surface area (Å²) in [6, 6.07) is 14.4. The van der Waals surface area contributed by atoms with Crippen LogP contribution in [0.3, 0.4) is 0 Å². The second-order valence-electron chi connectivity index (χ2n) is 9.17. The van der Waals surface area contributed by atoms with Gasteiger partial charge in [0.25, 0.3) is 5.56 Å². The molecule has 198 valence electrons. The molecule has 10 heteroatoms. The molecule has 38 heavy (non-hydrogen) atoms. The van der Waals surface area contributed by atoms with Crippen molar-refractivity contribution < 1.29 is 9.53 Å². The minimum atomic E-state index is -0.373. The van der Waals surface area contributed by atoms with E-state index in [0.29, 0.717) is 52.1 Å². The van der Waals surface area contributed by atoms with Crippen molar-refractivity contribution >= 4 is 40.1 Å². The Kier molecular flexibility index (Phi) is 9.12. The number of halogens is 2. The zero-order valence-electron chi connectivity index (χ0n) is 21.4. The lowest BCUT2D eigenvalue weighted by Crippen LogP contribution is -2.37. The average Bonchev–Trinajstić information content (AvgIpc) is 2.87. The number of carbonyl (C=O) groups is 1. The van der Waals surface area contributed by atoms with Gasteiger partial charge in [-0.05, 0) is 61.4 Å². The molecule has 2 N–H and O–H groups in total. The van der Waals surface area contributed by atoms with Crippen molar-refractivity contribution in [2.24, 2.45) is 0 Å². The van der Waals surface area contributed by atoms with Gasteiger partial charge in [-0.1, -0.05) is 35.3 Å². The average molecular weight is 554 g/mol. The Hall–Kier alpha value is -3.30. The van der Waals surface area contributed by atoms with Gasteiger partial charge >= 0.3 is 0 Å². The van der Waals surface area contributed by atoms with Gasteiger partial charge in [-0.25, -0.2) is 9.97 Å². The zero-order chi connectivity index (χ0) is 27.2. The van der Waals surface area contributed by atoms with Crippen LogP contribution in [0.2, 0.25) is 10.0 Å². The van der Waals surface area contributed by atoms with Gasteiger partial charge in [-0.3, -0.25) is 14.2 Å². The van der Waals surface area contributed by atoms with Gasteiger partial charge in [0.15, 0.2) is 5.65 Å². The fourth-order valence-electron chi connectivity index (χ4n) is 4.10. The molecule has 1 amide bonds. The van der Waals surface area contributed by atoms with E-state index in [9.17, 15) is 9.59 Å². The van der Waals surface area contributed by atoms with Gasteiger partial charge in [0.05, 0.1) is 12.0 Å². The minimum Gasteiger partial charge on any atom is -0.383 e. The van der Waals surface area contributed by atoms with Gasteiger partial charge in [0.2, 0.25) is 5.91 Å². The highest BCUT2D eigenvalue weighted by molar-refractivity contribution is 6.31. The van der Waals surface area contributed by atoms with Gasteiger partial charge in [0, 0.05) is 53.6 Å². The van der Waals surface area contributed by atoms with Gasteiger partial charge in [0.1, 0.15) is 12.4 Å². The van der Waals surface area contributed by atoms with Crippen molar-refractivity contribution in [3.05, 3.63) is 80.7 Å². The molecule has 0 aliphatic carbocycles. The molecule has 2 heterocycles. The fraction of sp³-hybridized carbons (Fsp3) is 0.286. The predicted octanol–water partition coefficient (Wildman–Crippen LogP) is 4.69. The highest BCUT2D eigenvalue weighted by Gasteiger charge is 2.18. The van der Waals surface area contributed by atoms with Crippen molar-refractivity contribution in [1.29, 1.82) is 0 Å². The van der Waals surface area contributed by atoms with Crippen LogP contribution in [0.4, 0.5) is 0 Å². The second-order valence-corrected chi connectivity index (χ2v) is 10.0. The first-order valence-electron chi connectivity index (χ1n) is 12.2. The number of pyridine rings is 1. The first kappa shape index (κ1) is 27.7. The van der Waals surface area contributed by atoms with Crippen LogP contribution in [0.15, 0.2) is 59.5 Å². The van der Waals surface area contributed by atoms with Crippen molar-refractivity contribution in [2.75, 3.05) is 20.3 Å². The van der Waals surface area contributed by atoms with Crippen LogP contribution in [-0.4, -0.2) is 46.7 Å². The van der Waals surface area contributed by atoms with Crippen LogP contribution in [0, 0.1) is 0 Å². The number of hydrogen-bond donors (Lipinski definition) is 2. The number of ether oxygens (including phenoxy) is 1. The van der Waals surface area contributed by atoms with Gasteiger partial charge < -0.3 is 15.4 Å². The molecule has 0 unspecified atom stereocenters. The zero-order valence-corrected chi connectivity index (χ0v) is 22.9. The number of amides is 1. The van der Waals surface area contributed by atoms with E-state index in [-0.39, 0.29) is 29.7 Å². The van der Waals surface area contributed by atoms with Crippen molar-refractivity contribution in [2.45, 2.75) is 33.0 Å². The van der Waals surface area contributed by atoms with E-state index < -0.39 is 0 Å². The first-order valence-corrected chi connectivity index (χ1v) is 13.0. The maximum Gasteiger partial charge on any atom is 0.263 e. The quantitative estimate of drug-likeness (QED) is 0.276. The molecule has 0 bridgehead atoms. The maximum absolute atomic E-state index is 13.8. The molecule has 8 nitrogen and oxygen atoms in total. The third-order valence-electron chi connectivity index (χ3n) is 5.75. The molecule has 0 aliphatic heterocycles. The number of methoxy groups -OCH3 is 1. The van der Waals surface area contributed by atoms with Crippen molar-refractivity contribution in [1.82, 2.24) is 25.2 Å². The van der Waals surface area contributed by atoms with Crippen LogP contribution < -0.4 is 16.2 Å². The molecule has 0 spiro atoms. The molecule has 2 aromatic carbocycles. The summed E-state index contributed by atoms with van der Waals surface area (Å²) in [6.45, 7) is 5.45. The van der Waals surface area contributed by atoms with Crippen molar-refractivity contribution in [3.63, 3.8) is 0 Å². The Morgan fingerprint density at radius 3 is 2.58 bits per heavy atom. The van der Waals surface area contributed by atoms with E-state index in [1.807, 2.05) is 32.0 Å². The normalized spacial score (nSPS) is 11.3. The number of rotatable bonds is 10. The Bertz CT molecular complexity index is 1520. The molecular weight excluding hydrogens is 525 g/mol. The molecule has 0 aliphatic rings. The lowest BCUT2D eigenvalue weighted by Gasteiger charge is -2.15. The largest absolute Gasteiger partial charge is 0.383 e. The summed E-state index contributed by atoms with van der Waals surface area (Å²) < 4.78 is 6.44. The lowest BCUT2D eigenvalue weighted by molar-refractivity contribution is -0.122. The smallest absolute Gasteiger partial charge is 0.263 e. The number of nitrogens with one attached hydrogen (secondary N) is 2. The minimum absolute atomic E-state index is 0.0736. The lowest BCUT2D eigenvalue weighted by atomic mass is 10.0. The summed E-state index contributed by atoms with van der Waals surface area (Å²) in [5, 5.41) is 7.50. The second kappa shape index (κ2) is 12.5. The molecule has 0 saturated carbocycles. The molecule has 4 aromatic rings. The van der Waals surface area contributed by atoms with Crippen LogP contribution in [0.25, 0.3) is 33.5 Å². The Morgan fingerprint density at radius 2 is 1.84 bits per heavy atom. The molecule has 0 fully saturated rings. The Morgan fingerprint density at radius 1 is 1.05 bits per heavy atom. The molecule has 0 atom stereocenters. The fourth-order valence-corrected chi connectivity index (χ4v) is 4.54. The van der Waals surface area contributed by atoms with E-state index >= 15 is 0 Å². The number of carbonyl (C=O) groups excluding carboxylic acids is 1. The van der Waals surface area contributed by atoms with Crippen LogP contribution >= 0.6 is 23.2 Å². The van der Waals surface area contributed by atoms with Crippen LogP contribution in [0.1, 0.15) is 19.4 Å². The molecule has 2 aromatic heterocycles. The summed E-state index contributed by atoms with van der Waals surface area (Å²) in [5.41, 5.74) is 3.03. The molecule has 0 radical (unpaired) electrons. The number of benzene rings is 2. The van der Waals surface area contributed by atoms with E-state index in [1.165, 1.54) is 4.57 Å².